The van der Waals surface area contributed by atoms with Crippen LogP contribution in [0.1, 0.15) is 5.56 Å². The molecule has 0 saturated carbocycles. The van der Waals surface area contributed by atoms with Crippen molar-refractivity contribution >= 4 is 11.0 Å². The summed E-state index contributed by atoms with van der Waals surface area (Å²) in [7, 11) is 1.65. The monoisotopic (exact) mass is 237 g/mol. The molecule has 2 aromatic carbocycles. The third-order valence-corrected chi connectivity index (χ3v) is 2.95. The first-order valence-electron chi connectivity index (χ1n) is 5.83. The molecule has 3 aromatic rings. The lowest BCUT2D eigenvalue weighted by molar-refractivity contribution is 0.411. The molecule has 0 spiro atoms. The molecule has 0 atom stereocenters. The van der Waals surface area contributed by atoms with E-state index in [1.807, 2.05) is 36.4 Å². The van der Waals surface area contributed by atoms with Gasteiger partial charge in [-0.2, -0.15) is 0 Å². The summed E-state index contributed by atoms with van der Waals surface area (Å²) < 4.78 is 11.2. The second kappa shape index (κ2) is 4.22. The van der Waals surface area contributed by atoms with Crippen LogP contribution in [0.4, 0.5) is 0 Å². The van der Waals surface area contributed by atoms with E-state index in [1.165, 1.54) is 5.56 Å². The molecule has 1 aromatic heterocycles. The Morgan fingerprint density at radius 3 is 2.83 bits per heavy atom. The molecule has 0 bridgehead atoms. The van der Waals surface area contributed by atoms with Crippen molar-refractivity contribution in [2.75, 3.05) is 7.11 Å². The van der Waals surface area contributed by atoms with Crippen LogP contribution in [0.15, 0.2) is 46.9 Å². The standard InChI is InChI=1S/C16H13O2/c1-11-5-3-6-12(9-11)15-10-13-7-4-8-14(17-2)16(13)18-15/h3-5,7-10H,1-2H3. The highest BCUT2D eigenvalue weighted by Gasteiger charge is 2.10. The Labute approximate surface area is 106 Å². The van der Waals surface area contributed by atoms with Crippen LogP contribution in [0.25, 0.3) is 22.3 Å². The molecule has 1 radical (unpaired) electrons. The van der Waals surface area contributed by atoms with E-state index in [4.69, 9.17) is 9.15 Å². The lowest BCUT2D eigenvalue weighted by atomic mass is 10.1. The zero-order valence-corrected chi connectivity index (χ0v) is 10.4. The predicted molar refractivity (Wildman–Crippen MR) is 71.8 cm³/mol. The van der Waals surface area contributed by atoms with Crippen molar-refractivity contribution in [2.45, 2.75) is 6.92 Å². The number of ether oxygens (including phenoxy) is 1. The van der Waals surface area contributed by atoms with Gasteiger partial charge in [-0.1, -0.05) is 29.8 Å². The maximum absolute atomic E-state index is 5.87. The van der Waals surface area contributed by atoms with E-state index in [-0.39, 0.29) is 0 Å². The van der Waals surface area contributed by atoms with E-state index in [9.17, 15) is 0 Å². The number of para-hydroxylation sites is 1. The molecule has 0 fully saturated rings. The Hall–Kier alpha value is -2.22. The largest absolute Gasteiger partial charge is 0.493 e. The van der Waals surface area contributed by atoms with Gasteiger partial charge < -0.3 is 9.15 Å². The van der Waals surface area contributed by atoms with Crippen LogP contribution in [0.3, 0.4) is 0 Å². The molecule has 2 heteroatoms. The highest BCUT2D eigenvalue weighted by atomic mass is 16.5. The van der Waals surface area contributed by atoms with Gasteiger partial charge in [0.1, 0.15) is 5.76 Å². The lowest BCUT2D eigenvalue weighted by Crippen LogP contribution is -1.81. The van der Waals surface area contributed by atoms with Crippen LogP contribution < -0.4 is 4.74 Å². The highest BCUT2D eigenvalue weighted by molar-refractivity contribution is 5.87. The van der Waals surface area contributed by atoms with Gasteiger partial charge in [-0.3, -0.25) is 0 Å². The average molecular weight is 237 g/mol. The van der Waals surface area contributed by atoms with Gasteiger partial charge in [0.15, 0.2) is 11.3 Å². The van der Waals surface area contributed by atoms with Crippen molar-refractivity contribution in [1.82, 2.24) is 0 Å². The highest BCUT2D eigenvalue weighted by Crippen LogP contribution is 2.33. The van der Waals surface area contributed by atoms with Gasteiger partial charge in [0.05, 0.1) is 7.11 Å². The minimum atomic E-state index is 0.756. The predicted octanol–water partition coefficient (Wildman–Crippen LogP) is 4.22. The molecule has 18 heavy (non-hydrogen) atoms. The zero-order chi connectivity index (χ0) is 12.5. The number of methoxy groups -OCH3 is 1. The summed E-state index contributed by atoms with van der Waals surface area (Å²) >= 11 is 0. The van der Waals surface area contributed by atoms with Gasteiger partial charge in [-0.15, -0.1) is 0 Å². The van der Waals surface area contributed by atoms with E-state index in [1.54, 1.807) is 7.11 Å². The summed E-state index contributed by atoms with van der Waals surface area (Å²) in [5, 5.41) is 1.04. The molecule has 0 saturated heterocycles. The first-order valence-corrected chi connectivity index (χ1v) is 5.83. The van der Waals surface area contributed by atoms with Crippen LogP contribution in [0.5, 0.6) is 5.75 Å². The first kappa shape index (κ1) is 10.9. The van der Waals surface area contributed by atoms with Gasteiger partial charge in [0.2, 0.25) is 0 Å². The Balaban J connectivity index is 2.19. The summed E-state index contributed by atoms with van der Waals surface area (Å²) in [5.41, 5.74) is 2.94. The SMILES string of the molecule is COc1cccc2cc(-c3[c]ccc(C)c3)oc12. The molecule has 0 amide bonds. The van der Waals surface area contributed by atoms with Crippen molar-refractivity contribution in [1.29, 1.82) is 0 Å². The van der Waals surface area contributed by atoms with Crippen LogP contribution in [0, 0.1) is 13.0 Å². The number of rotatable bonds is 2. The Bertz CT molecular complexity index is 695. The molecular formula is C16H13O2. The van der Waals surface area contributed by atoms with Crippen LogP contribution in [0.2, 0.25) is 0 Å². The van der Waals surface area contributed by atoms with Crippen molar-refractivity contribution in [3.63, 3.8) is 0 Å². The molecule has 0 aliphatic heterocycles. The van der Waals surface area contributed by atoms with E-state index in [0.717, 1.165) is 28.0 Å². The van der Waals surface area contributed by atoms with E-state index in [0.29, 0.717) is 0 Å². The Kier molecular flexibility index (Phi) is 2.56. The maximum atomic E-state index is 5.87. The molecule has 0 unspecified atom stereocenters. The van der Waals surface area contributed by atoms with Gasteiger partial charge in [0.25, 0.3) is 0 Å². The van der Waals surface area contributed by atoms with Crippen molar-refractivity contribution in [3.05, 3.63) is 54.1 Å². The van der Waals surface area contributed by atoms with Gasteiger partial charge >= 0.3 is 0 Å². The molecular weight excluding hydrogens is 224 g/mol. The summed E-state index contributed by atoms with van der Waals surface area (Å²) in [6, 6.07) is 17.1. The van der Waals surface area contributed by atoms with Crippen molar-refractivity contribution in [2.24, 2.45) is 0 Å². The number of hydrogen-bond donors (Lipinski definition) is 0. The average Bonchev–Trinajstić information content (AvgIpc) is 2.82. The number of benzene rings is 2. The number of aryl methyl sites for hydroxylation is 1. The molecule has 0 aliphatic carbocycles. The third kappa shape index (κ3) is 1.76. The molecule has 0 N–H and O–H groups in total. The topological polar surface area (TPSA) is 22.4 Å². The molecule has 2 nitrogen and oxygen atoms in total. The van der Waals surface area contributed by atoms with E-state index >= 15 is 0 Å². The zero-order valence-electron chi connectivity index (χ0n) is 10.4. The second-order valence-corrected chi connectivity index (χ2v) is 4.27. The van der Waals surface area contributed by atoms with Crippen LogP contribution >= 0.6 is 0 Å². The Morgan fingerprint density at radius 2 is 2.06 bits per heavy atom. The van der Waals surface area contributed by atoms with Crippen molar-refractivity contribution in [3.8, 4) is 17.1 Å². The smallest absolute Gasteiger partial charge is 0.176 e. The molecule has 1 heterocycles. The molecule has 3 rings (SSSR count). The van der Waals surface area contributed by atoms with E-state index < -0.39 is 0 Å². The minimum Gasteiger partial charge on any atom is -0.493 e. The number of hydrogen-bond acceptors (Lipinski definition) is 2. The molecule has 0 aliphatic rings. The van der Waals surface area contributed by atoms with Gasteiger partial charge in [0, 0.05) is 10.9 Å². The summed E-state index contributed by atoms with van der Waals surface area (Å²) in [6.07, 6.45) is 0. The van der Waals surface area contributed by atoms with Crippen LogP contribution in [-0.4, -0.2) is 7.11 Å². The quantitative estimate of drug-likeness (QED) is 0.666. The van der Waals surface area contributed by atoms with E-state index in [2.05, 4.69) is 19.1 Å². The Morgan fingerprint density at radius 1 is 1.17 bits per heavy atom. The fraction of sp³-hybridized carbons (Fsp3) is 0.125. The summed E-state index contributed by atoms with van der Waals surface area (Å²) in [4.78, 5) is 0. The fourth-order valence-corrected chi connectivity index (χ4v) is 2.05. The normalized spacial score (nSPS) is 10.8. The second-order valence-electron chi connectivity index (χ2n) is 4.27. The minimum absolute atomic E-state index is 0.756. The fourth-order valence-electron chi connectivity index (χ4n) is 2.05. The van der Waals surface area contributed by atoms with Crippen molar-refractivity contribution < 1.29 is 9.15 Å². The molecule has 89 valence electrons. The van der Waals surface area contributed by atoms with Gasteiger partial charge in [-0.05, 0) is 31.2 Å². The number of furan rings is 1. The van der Waals surface area contributed by atoms with Crippen LogP contribution in [-0.2, 0) is 0 Å². The first-order chi connectivity index (χ1) is 8.78. The number of fused-ring (bicyclic) bond motifs is 1. The lowest BCUT2D eigenvalue weighted by Gasteiger charge is -1.99. The summed E-state index contributed by atoms with van der Waals surface area (Å²) in [6.45, 7) is 2.06. The summed E-state index contributed by atoms with van der Waals surface area (Å²) in [5.74, 6) is 1.57. The van der Waals surface area contributed by atoms with Gasteiger partial charge in [-0.25, -0.2) is 0 Å². The maximum Gasteiger partial charge on any atom is 0.176 e. The third-order valence-electron chi connectivity index (χ3n) is 2.95.